The molecule has 2 nitrogen and oxygen atoms in total. The minimum Gasteiger partial charge on any atom is -0.488 e. The van der Waals surface area contributed by atoms with Gasteiger partial charge in [-0.3, -0.25) is 0 Å². The highest BCUT2D eigenvalue weighted by molar-refractivity contribution is 9.10. The third-order valence-corrected chi connectivity index (χ3v) is 3.95. The molecule has 0 saturated heterocycles. The Morgan fingerprint density at radius 3 is 2.48 bits per heavy atom. The summed E-state index contributed by atoms with van der Waals surface area (Å²) in [5.74, 6) is 0.957. The monoisotopic (exact) mass is 347 g/mol. The van der Waals surface area contributed by atoms with Crippen LogP contribution in [0, 0.1) is 13.8 Å². The number of hydrogen-bond acceptors (Lipinski definition) is 2. The summed E-state index contributed by atoms with van der Waals surface area (Å²) in [4.78, 5) is 0. The molecule has 3 heteroatoms. The van der Waals surface area contributed by atoms with E-state index in [1.54, 1.807) is 0 Å². The molecule has 1 atom stereocenters. The molecular formula is C18H22BrNO. The van der Waals surface area contributed by atoms with E-state index in [9.17, 15) is 0 Å². The van der Waals surface area contributed by atoms with Gasteiger partial charge in [-0.05, 0) is 61.6 Å². The fourth-order valence-electron chi connectivity index (χ4n) is 2.43. The van der Waals surface area contributed by atoms with Crippen LogP contribution in [0.25, 0.3) is 0 Å². The summed E-state index contributed by atoms with van der Waals surface area (Å²) in [6.07, 6.45) is 0.809. The van der Waals surface area contributed by atoms with Crippen molar-refractivity contribution < 1.29 is 4.74 Å². The highest BCUT2D eigenvalue weighted by Crippen LogP contribution is 2.30. The van der Waals surface area contributed by atoms with Gasteiger partial charge in [-0.1, -0.05) is 40.2 Å². The molecule has 2 aromatic rings. The lowest BCUT2D eigenvalue weighted by Crippen LogP contribution is -2.18. The van der Waals surface area contributed by atoms with Crippen LogP contribution in [-0.2, 0) is 13.0 Å². The summed E-state index contributed by atoms with van der Waals surface area (Å²) < 4.78 is 7.18. The fourth-order valence-corrected chi connectivity index (χ4v) is 3.05. The van der Waals surface area contributed by atoms with Gasteiger partial charge in [0.05, 0.1) is 0 Å². The first kappa shape index (κ1) is 16.1. The van der Waals surface area contributed by atoms with Crippen molar-refractivity contribution in [1.29, 1.82) is 0 Å². The van der Waals surface area contributed by atoms with Crippen LogP contribution in [0.2, 0.25) is 0 Å². The zero-order valence-electron chi connectivity index (χ0n) is 12.8. The Kier molecular flexibility index (Phi) is 5.43. The molecule has 2 aromatic carbocycles. The van der Waals surface area contributed by atoms with Crippen LogP contribution >= 0.6 is 15.9 Å². The maximum absolute atomic E-state index is 6.11. The smallest absolute Gasteiger partial charge is 0.126 e. The molecule has 0 radical (unpaired) electrons. The van der Waals surface area contributed by atoms with Gasteiger partial charge in [-0.2, -0.15) is 0 Å². The second-order valence-electron chi connectivity index (χ2n) is 5.61. The second kappa shape index (κ2) is 7.10. The van der Waals surface area contributed by atoms with Crippen LogP contribution in [0.3, 0.4) is 0 Å². The van der Waals surface area contributed by atoms with Gasteiger partial charge in [0.15, 0.2) is 0 Å². The summed E-state index contributed by atoms with van der Waals surface area (Å²) in [6.45, 7) is 6.78. The molecule has 1 unspecified atom stereocenters. The number of rotatable bonds is 5. The average molecular weight is 348 g/mol. The van der Waals surface area contributed by atoms with Gasteiger partial charge in [-0.15, -0.1) is 0 Å². The Morgan fingerprint density at radius 2 is 1.81 bits per heavy atom. The molecule has 0 amide bonds. The third-order valence-electron chi connectivity index (χ3n) is 3.49. The van der Waals surface area contributed by atoms with Crippen LogP contribution in [-0.4, -0.2) is 6.04 Å². The van der Waals surface area contributed by atoms with Gasteiger partial charge in [0.25, 0.3) is 0 Å². The predicted octanol–water partition coefficient (Wildman–Crippen LogP) is 4.53. The summed E-state index contributed by atoms with van der Waals surface area (Å²) >= 11 is 3.55. The number of nitrogens with two attached hydrogens (primary N) is 1. The molecule has 112 valence electrons. The molecule has 0 spiro atoms. The van der Waals surface area contributed by atoms with Crippen molar-refractivity contribution in [3.63, 3.8) is 0 Å². The SMILES string of the molecule is Cc1ccccc1COc1c(C)cc(Br)cc1CC(C)N. The van der Waals surface area contributed by atoms with Crippen LogP contribution in [0.4, 0.5) is 0 Å². The van der Waals surface area contributed by atoms with Crippen LogP contribution < -0.4 is 10.5 Å². The van der Waals surface area contributed by atoms with E-state index in [4.69, 9.17) is 10.5 Å². The standard InChI is InChI=1S/C18H22BrNO/c1-12-6-4-5-7-15(12)11-21-18-13(2)8-17(19)10-16(18)9-14(3)20/h4-8,10,14H,9,11,20H2,1-3H3. The number of halogens is 1. The lowest BCUT2D eigenvalue weighted by Gasteiger charge is -2.17. The van der Waals surface area contributed by atoms with Crippen molar-refractivity contribution in [2.75, 3.05) is 0 Å². The zero-order valence-corrected chi connectivity index (χ0v) is 14.4. The van der Waals surface area contributed by atoms with E-state index in [2.05, 4.69) is 54.0 Å². The summed E-state index contributed by atoms with van der Waals surface area (Å²) in [7, 11) is 0. The minimum absolute atomic E-state index is 0.111. The number of ether oxygens (including phenoxy) is 1. The van der Waals surface area contributed by atoms with Crippen molar-refractivity contribution in [3.8, 4) is 5.75 Å². The molecule has 2 N–H and O–H groups in total. The predicted molar refractivity (Wildman–Crippen MR) is 91.7 cm³/mol. The molecule has 0 aliphatic rings. The molecule has 0 bridgehead atoms. The first-order valence-electron chi connectivity index (χ1n) is 7.19. The number of benzene rings is 2. The molecule has 0 fully saturated rings. The quantitative estimate of drug-likeness (QED) is 0.861. The minimum atomic E-state index is 0.111. The van der Waals surface area contributed by atoms with E-state index in [0.717, 1.165) is 27.8 Å². The largest absolute Gasteiger partial charge is 0.488 e. The lowest BCUT2D eigenvalue weighted by atomic mass is 10.0. The Morgan fingerprint density at radius 1 is 1.10 bits per heavy atom. The molecule has 2 rings (SSSR count). The molecule has 0 aliphatic heterocycles. The average Bonchev–Trinajstić information content (AvgIpc) is 2.38. The van der Waals surface area contributed by atoms with E-state index in [1.807, 2.05) is 19.1 Å². The molecule has 0 aliphatic carbocycles. The fraction of sp³-hybridized carbons (Fsp3) is 0.333. The van der Waals surface area contributed by atoms with Gasteiger partial charge in [0.1, 0.15) is 12.4 Å². The maximum atomic E-state index is 6.11. The highest BCUT2D eigenvalue weighted by atomic mass is 79.9. The molecule has 0 saturated carbocycles. The highest BCUT2D eigenvalue weighted by Gasteiger charge is 2.11. The molecular weight excluding hydrogens is 326 g/mol. The molecule has 0 aromatic heterocycles. The maximum Gasteiger partial charge on any atom is 0.126 e. The van der Waals surface area contributed by atoms with E-state index in [-0.39, 0.29) is 6.04 Å². The second-order valence-corrected chi connectivity index (χ2v) is 6.52. The van der Waals surface area contributed by atoms with E-state index >= 15 is 0 Å². The number of aryl methyl sites for hydroxylation is 2. The van der Waals surface area contributed by atoms with Gasteiger partial charge >= 0.3 is 0 Å². The van der Waals surface area contributed by atoms with Gasteiger partial charge in [0.2, 0.25) is 0 Å². The van der Waals surface area contributed by atoms with Crippen molar-refractivity contribution in [2.24, 2.45) is 5.73 Å². The van der Waals surface area contributed by atoms with Crippen molar-refractivity contribution >= 4 is 15.9 Å². The Labute approximate surface area is 135 Å². The third kappa shape index (κ3) is 4.32. The van der Waals surface area contributed by atoms with E-state index in [1.165, 1.54) is 11.1 Å². The van der Waals surface area contributed by atoms with Crippen molar-refractivity contribution in [3.05, 3.63) is 63.1 Å². The molecule has 0 heterocycles. The summed E-state index contributed by atoms with van der Waals surface area (Å²) in [6, 6.07) is 12.6. The summed E-state index contributed by atoms with van der Waals surface area (Å²) in [5.41, 5.74) is 10.7. The van der Waals surface area contributed by atoms with Gasteiger partial charge < -0.3 is 10.5 Å². The van der Waals surface area contributed by atoms with Crippen LogP contribution in [0.1, 0.15) is 29.2 Å². The number of hydrogen-bond donors (Lipinski definition) is 1. The first-order valence-corrected chi connectivity index (χ1v) is 7.98. The first-order chi connectivity index (χ1) is 9.97. The normalized spacial score (nSPS) is 12.2. The topological polar surface area (TPSA) is 35.2 Å². The van der Waals surface area contributed by atoms with Crippen molar-refractivity contribution in [2.45, 2.75) is 39.8 Å². The van der Waals surface area contributed by atoms with Gasteiger partial charge in [-0.25, -0.2) is 0 Å². The Balaban J connectivity index is 2.24. The Hall–Kier alpha value is -1.32. The van der Waals surface area contributed by atoms with E-state index < -0.39 is 0 Å². The van der Waals surface area contributed by atoms with Gasteiger partial charge in [0, 0.05) is 10.5 Å². The van der Waals surface area contributed by atoms with Crippen LogP contribution in [0.15, 0.2) is 40.9 Å². The summed E-state index contributed by atoms with van der Waals surface area (Å²) in [5, 5.41) is 0. The Bertz CT molecular complexity index is 623. The van der Waals surface area contributed by atoms with Crippen molar-refractivity contribution in [1.82, 2.24) is 0 Å². The van der Waals surface area contributed by atoms with E-state index in [0.29, 0.717) is 6.61 Å². The van der Waals surface area contributed by atoms with Crippen LogP contribution in [0.5, 0.6) is 5.75 Å². The zero-order chi connectivity index (χ0) is 15.4. The lowest BCUT2D eigenvalue weighted by molar-refractivity contribution is 0.299. The molecule has 21 heavy (non-hydrogen) atoms.